The molecule has 0 saturated heterocycles. The highest BCUT2D eigenvalue weighted by atomic mass is 16.6. The molecule has 0 fully saturated rings. The molecule has 144 valence electrons. The zero-order chi connectivity index (χ0) is 20.6. The van der Waals surface area contributed by atoms with E-state index in [-0.39, 0.29) is 5.75 Å². The smallest absolute Gasteiger partial charge is 0.343 e. The highest BCUT2D eigenvalue weighted by Gasteiger charge is 2.13. The van der Waals surface area contributed by atoms with Crippen LogP contribution in [0.2, 0.25) is 0 Å². The summed E-state index contributed by atoms with van der Waals surface area (Å²) in [4.78, 5) is 16.6. The van der Waals surface area contributed by atoms with Gasteiger partial charge in [0.2, 0.25) is 0 Å². The molecule has 0 aliphatic heterocycles. The molecule has 6 heteroatoms. The fraction of sp³-hybridized carbons (Fsp3) is 0.0870. The lowest BCUT2D eigenvalue weighted by Crippen LogP contribution is -2.09. The number of nitriles is 1. The minimum Gasteiger partial charge on any atom is -0.497 e. The Labute approximate surface area is 168 Å². The average molecular weight is 386 g/mol. The van der Waals surface area contributed by atoms with Crippen molar-refractivity contribution >= 4 is 17.6 Å². The maximum Gasteiger partial charge on any atom is 0.343 e. The number of esters is 1. The second-order valence-electron chi connectivity index (χ2n) is 5.91. The zero-order valence-corrected chi connectivity index (χ0v) is 16.0. The average Bonchev–Trinajstić information content (AvgIpc) is 2.78. The van der Waals surface area contributed by atoms with Crippen LogP contribution in [0, 0.1) is 11.3 Å². The third-order valence-electron chi connectivity index (χ3n) is 4.09. The van der Waals surface area contributed by atoms with Crippen LogP contribution in [-0.4, -0.2) is 25.2 Å². The summed E-state index contributed by atoms with van der Waals surface area (Å²) < 4.78 is 15.9. The van der Waals surface area contributed by atoms with Crippen molar-refractivity contribution in [3.63, 3.8) is 0 Å². The molecule has 1 heterocycles. The van der Waals surface area contributed by atoms with Crippen LogP contribution in [0.5, 0.6) is 17.2 Å². The van der Waals surface area contributed by atoms with E-state index in [1.807, 2.05) is 6.07 Å². The van der Waals surface area contributed by atoms with E-state index in [4.69, 9.17) is 14.2 Å². The van der Waals surface area contributed by atoms with Crippen LogP contribution in [0.1, 0.15) is 21.6 Å². The van der Waals surface area contributed by atoms with Crippen molar-refractivity contribution in [3.8, 4) is 23.3 Å². The molecule has 0 aliphatic rings. The number of hydrogen-bond donors (Lipinski definition) is 0. The number of allylic oxidation sites excluding steroid dienone is 1. The van der Waals surface area contributed by atoms with Crippen LogP contribution in [0.15, 0.2) is 66.9 Å². The van der Waals surface area contributed by atoms with Crippen LogP contribution in [0.25, 0.3) is 11.6 Å². The Morgan fingerprint density at radius 3 is 2.41 bits per heavy atom. The van der Waals surface area contributed by atoms with Gasteiger partial charge >= 0.3 is 5.97 Å². The van der Waals surface area contributed by atoms with E-state index in [9.17, 15) is 10.1 Å². The molecule has 2 aromatic carbocycles. The van der Waals surface area contributed by atoms with Gasteiger partial charge in [-0.2, -0.15) is 5.26 Å². The van der Waals surface area contributed by atoms with Gasteiger partial charge in [0.15, 0.2) is 11.5 Å². The highest BCUT2D eigenvalue weighted by Crippen LogP contribution is 2.30. The molecule has 0 atom stereocenters. The first-order chi connectivity index (χ1) is 14.1. The predicted octanol–water partition coefficient (Wildman–Crippen LogP) is 4.38. The number of ether oxygens (including phenoxy) is 3. The molecule has 0 saturated carbocycles. The molecule has 0 N–H and O–H groups in total. The molecule has 3 aromatic rings. The molecule has 0 bridgehead atoms. The first-order valence-corrected chi connectivity index (χ1v) is 8.72. The number of rotatable bonds is 6. The third-order valence-corrected chi connectivity index (χ3v) is 4.09. The van der Waals surface area contributed by atoms with E-state index in [0.29, 0.717) is 33.9 Å². The summed E-state index contributed by atoms with van der Waals surface area (Å²) in [6.07, 6.45) is 3.32. The van der Waals surface area contributed by atoms with Crippen molar-refractivity contribution < 1.29 is 19.0 Å². The highest BCUT2D eigenvalue weighted by molar-refractivity contribution is 5.92. The fourth-order valence-electron chi connectivity index (χ4n) is 2.60. The van der Waals surface area contributed by atoms with E-state index < -0.39 is 5.97 Å². The van der Waals surface area contributed by atoms with Gasteiger partial charge in [0.25, 0.3) is 0 Å². The maximum absolute atomic E-state index is 12.4. The fourth-order valence-corrected chi connectivity index (χ4v) is 2.60. The number of methoxy groups -OCH3 is 2. The Bertz CT molecular complexity index is 1070. The number of carbonyl (C=O) groups is 1. The van der Waals surface area contributed by atoms with Gasteiger partial charge in [0.1, 0.15) is 11.8 Å². The van der Waals surface area contributed by atoms with Gasteiger partial charge in [-0.15, -0.1) is 0 Å². The van der Waals surface area contributed by atoms with Gasteiger partial charge in [0.05, 0.1) is 31.1 Å². The van der Waals surface area contributed by atoms with Crippen molar-refractivity contribution in [2.24, 2.45) is 0 Å². The molecule has 29 heavy (non-hydrogen) atoms. The summed E-state index contributed by atoms with van der Waals surface area (Å²) >= 11 is 0. The zero-order valence-electron chi connectivity index (χ0n) is 16.0. The summed E-state index contributed by atoms with van der Waals surface area (Å²) in [6.45, 7) is 0. The molecule has 1 aromatic heterocycles. The SMILES string of the molecule is COc1ccc(C(=O)Oc2ccc(C=C(C#N)c3ccccn3)cc2OC)cc1. The van der Waals surface area contributed by atoms with E-state index in [1.54, 1.807) is 74.0 Å². The molecule has 0 aliphatic carbocycles. The summed E-state index contributed by atoms with van der Waals surface area (Å²) in [6, 6.07) is 19.2. The summed E-state index contributed by atoms with van der Waals surface area (Å²) in [5.41, 5.74) is 2.09. The quantitative estimate of drug-likeness (QED) is 0.355. The van der Waals surface area contributed by atoms with Crippen molar-refractivity contribution in [2.75, 3.05) is 14.2 Å². The lowest BCUT2D eigenvalue weighted by atomic mass is 10.1. The molecular formula is C23H18N2O4. The van der Waals surface area contributed by atoms with E-state index in [1.165, 1.54) is 7.11 Å². The molecule has 0 amide bonds. The lowest BCUT2D eigenvalue weighted by Gasteiger charge is -2.10. The second-order valence-corrected chi connectivity index (χ2v) is 5.91. The van der Waals surface area contributed by atoms with Crippen LogP contribution in [-0.2, 0) is 0 Å². The lowest BCUT2D eigenvalue weighted by molar-refractivity contribution is 0.0729. The first kappa shape index (κ1) is 19.6. The predicted molar refractivity (Wildman–Crippen MR) is 109 cm³/mol. The number of pyridine rings is 1. The van der Waals surface area contributed by atoms with Gasteiger partial charge < -0.3 is 14.2 Å². The third kappa shape index (κ3) is 4.79. The number of aromatic nitrogens is 1. The first-order valence-electron chi connectivity index (χ1n) is 8.72. The minimum absolute atomic E-state index is 0.279. The number of carbonyl (C=O) groups excluding carboxylic acids is 1. The van der Waals surface area contributed by atoms with Crippen molar-refractivity contribution in [3.05, 3.63) is 83.7 Å². The molecule has 6 nitrogen and oxygen atoms in total. The van der Waals surface area contributed by atoms with E-state index in [2.05, 4.69) is 11.1 Å². The van der Waals surface area contributed by atoms with Gasteiger partial charge in [-0.3, -0.25) is 4.98 Å². The molecule has 0 unspecified atom stereocenters. The maximum atomic E-state index is 12.4. The monoisotopic (exact) mass is 386 g/mol. The van der Waals surface area contributed by atoms with E-state index >= 15 is 0 Å². The summed E-state index contributed by atoms with van der Waals surface area (Å²) in [5.74, 6) is 0.789. The topological polar surface area (TPSA) is 81.4 Å². The standard InChI is InChI=1S/C23H18N2O4/c1-27-19-9-7-17(8-10-19)23(26)29-21-11-6-16(14-22(21)28-2)13-18(15-24)20-5-3-4-12-25-20/h3-14H,1-2H3. The Kier molecular flexibility index (Phi) is 6.23. The van der Waals surface area contributed by atoms with Crippen molar-refractivity contribution in [1.29, 1.82) is 5.26 Å². The second kappa shape index (κ2) is 9.20. The summed E-state index contributed by atoms with van der Waals surface area (Å²) in [7, 11) is 3.04. The van der Waals surface area contributed by atoms with Gasteiger partial charge in [-0.05, 0) is 60.2 Å². The van der Waals surface area contributed by atoms with Crippen molar-refractivity contribution in [1.82, 2.24) is 4.98 Å². The normalized spacial score (nSPS) is 10.7. The van der Waals surface area contributed by atoms with Crippen molar-refractivity contribution in [2.45, 2.75) is 0 Å². The largest absolute Gasteiger partial charge is 0.497 e. The Hall–Kier alpha value is -4.11. The van der Waals surface area contributed by atoms with Gasteiger partial charge in [0, 0.05) is 6.20 Å². The molecule has 0 radical (unpaired) electrons. The van der Waals surface area contributed by atoms with E-state index in [0.717, 1.165) is 0 Å². The summed E-state index contributed by atoms with van der Waals surface area (Å²) in [5, 5.41) is 9.44. The minimum atomic E-state index is -0.513. The molecular weight excluding hydrogens is 368 g/mol. The molecule has 3 rings (SSSR count). The van der Waals surface area contributed by atoms with Gasteiger partial charge in [-0.25, -0.2) is 4.79 Å². The van der Waals surface area contributed by atoms with Crippen LogP contribution < -0.4 is 14.2 Å². The number of benzene rings is 2. The van der Waals surface area contributed by atoms with Crippen LogP contribution >= 0.6 is 0 Å². The Morgan fingerprint density at radius 1 is 1.00 bits per heavy atom. The Morgan fingerprint density at radius 2 is 1.79 bits per heavy atom. The molecule has 0 spiro atoms. The Balaban J connectivity index is 1.84. The van der Waals surface area contributed by atoms with Crippen LogP contribution in [0.4, 0.5) is 0 Å². The van der Waals surface area contributed by atoms with Crippen LogP contribution in [0.3, 0.4) is 0 Å². The number of nitrogens with zero attached hydrogens (tertiary/aromatic N) is 2. The number of hydrogen-bond acceptors (Lipinski definition) is 6. The van der Waals surface area contributed by atoms with Gasteiger partial charge in [-0.1, -0.05) is 12.1 Å².